The number of amides is 1. The number of carbonyl (C=O) groups is 1. The maximum atomic E-state index is 12.8. The molecule has 1 aromatic carbocycles. The highest BCUT2D eigenvalue weighted by molar-refractivity contribution is 7.99. The number of carbonyl (C=O) groups excluding carboxylic acids is 1. The van der Waals surface area contributed by atoms with Crippen molar-refractivity contribution < 1.29 is 4.79 Å². The van der Waals surface area contributed by atoms with Crippen LogP contribution < -0.4 is 4.90 Å². The number of nitriles is 1. The summed E-state index contributed by atoms with van der Waals surface area (Å²) in [4.78, 5) is 14.4. The van der Waals surface area contributed by atoms with Crippen LogP contribution >= 0.6 is 11.8 Å². The van der Waals surface area contributed by atoms with Gasteiger partial charge in [-0.1, -0.05) is 17.8 Å². The molecule has 0 aliphatic carbocycles. The summed E-state index contributed by atoms with van der Waals surface area (Å²) in [5, 5.41) is 17.8. The second-order valence-corrected chi connectivity index (χ2v) is 6.73. The third kappa shape index (κ3) is 4.60. The zero-order valence-electron chi connectivity index (χ0n) is 15.1. The van der Waals surface area contributed by atoms with Gasteiger partial charge in [0.2, 0.25) is 5.91 Å². The maximum Gasteiger partial charge on any atom is 0.237 e. The summed E-state index contributed by atoms with van der Waals surface area (Å²) in [6.45, 7) is 9.14. The normalized spacial score (nSPS) is 10.5. The average Bonchev–Trinajstić information content (AvgIpc) is 2.96. The van der Waals surface area contributed by atoms with E-state index in [1.807, 2.05) is 50.5 Å². The van der Waals surface area contributed by atoms with Gasteiger partial charge in [-0.15, -0.1) is 10.2 Å². The molecule has 2 rings (SSSR count). The van der Waals surface area contributed by atoms with Crippen molar-refractivity contribution in [1.82, 2.24) is 14.8 Å². The molecule has 0 radical (unpaired) electrons. The van der Waals surface area contributed by atoms with Crippen molar-refractivity contribution in [3.8, 4) is 6.07 Å². The van der Waals surface area contributed by atoms with E-state index in [2.05, 4.69) is 16.3 Å². The SMILES string of the molecule is CCn1c(C)nnc1SCC(=O)N(CCC#N)c1ccc(C)c(C)c1. The summed E-state index contributed by atoms with van der Waals surface area (Å²) in [7, 11) is 0. The lowest BCUT2D eigenvalue weighted by molar-refractivity contribution is -0.116. The van der Waals surface area contributed by atoms with Gasteiger partial charge < -0.3 is 9.47 Å². The molecule has 25 heavy (non-hydrogen) atoms. The Hall–Kier alpha value is -2.33. The number of thioether (sulfide) groups is 1. The number of hydrogen-bond donors (Lipinski definition) is 0. The summed E-state index contributed by atoms with van der Waals surface area (Å²) in [6, 6.07) is 8.04. The quantitative estimate of drug-likeness (QED) is 0.711. The second-order valence-electron chi connectivity index (χ2n) is 5.78. The van der Waals surface area contributed by atoms with Crippen LogP contribution in [0.5, 0.6) is 0 Å². The highest BCUT2D eigenvalue weighted by Gasteiger charge is 2.18. The van der Waals surface area contributed by atoms with E-state index in [-0.39, 0.29) is 11.7 Å². The zero-order chi connectivity index (χ0) is 18.4. The summed E-state index contributed by atoms with van der Waals surface area (Å²) < 4.78 is 1.98. The number of aromatic nitrogens is 3. The molecule has 1 amide bonds. The lowest BCUT2D eigenvalue weighted by Gasteiger charge is -2.22. The van der Waals surface area contributed by atoms with Crippen LogP contribution in [-0.4, -0.2) is 33.0 Å². The summed E-state index contributed by atoms with van der Waals surface area (Å²) in [5.41, 5.74) is 3.13. The molecule has 0 spiro atoms. The smallest absolute Gasteiger partial charge is 0.237 e. The third-order valence-corrected chi connectivity index (χ3v) is 5.04. The molecule has 0 saturated heterocycles. The Morgan fingerprint density at radius 2 is 2.04 bits per heavy atom. The lowest BCUT2D eigenvalue weighted by Crippen LogP contribution is -2.33. The van der Waals surface area contributed by atoms with Gasteiger partial charge in [0.15, 0.2) is 5.16 Å². The minimum Gasteiger partial charge on any atom is -0.311 e. The van der Waals surface area contributed by atoms with E-state index in [0.717, 1.165) is 28.8 Å². The molecule has 6 nitrogen and oxygen atoms in total. The van der Waals surface area contributed by atoms with Crippen LogP contribution in [-0.2, 0) is 11.3 Å². The highest BCUT2D eigenvalue weighted by atomic mass is 32.2. The van der Waals surface area contributed by atoms with Crippen LogP contribution in [0.3, 0.4) is 0 Å². The van der Waals surface area contributed by atoms with Crippen LogP contribution in [0.4, 0.5) is 5.69 Å². The predicted octanol–water partition coefficient (Wildman–Crippen LogP) is 3.26. The Bertz CT molecular complexity index is 793. The van der Waals surface area contributed by atoms with E-state index >= 15 is 0 Å². The molecule has 0 N–H and O–H groups in total. The van der Waals surface area contributed by atoms with Crippen molar-refractivity contribution in [3.05, 3.63) is 35.2 Å². The molecule has 2 aromatic rings. The molecule has 7 heteroatoms. The maximum absolute atomic E-state index is 12.8. The van der Waals surface area contributed by atoms with E-state index in [9.17, 15) is 4.79 Å². The largest absolute Gasteiger partial charge is 0.311 e. The van der Waals surface area contributed by atoms with E-state index in [4.69, 9.17) is 5.26 Å². The number of hydrogen-bond acceptors (Lipinski definition) is 5. The van der Waals surface area contributed by atoms with Crippen LogP contribution in [0.15, 0.2) is 23.4 Å². The van der Waals surface area contributed by atoms with Gasteiger partial charge in [0, 0.05) is 18.8 Å². The molecule has 0 aliphatic heterocycles. The van der Waals surface area contributed by atoms with Crippen molar-refractivity contribution in [2.24, 2.45) is 0 Å². The van der Waals surface area contributed by atoms with Gasteiger partial charge in [0.1, 0.15) is 5.82 Å². The lowest BCUT2D eigenvalue weighted by atomic mass is 10.1. The molecule has 0 fully saturated rings. The molecular formula is C18H23N5OS. The Morgan fingerprint density at radius 1 is 1.28 bits per heavy atom. The fourth-order valence-corrected chi connectivity index (χ4v) is 3.41. The van der Waals surface area contributed by atoms with Crippen LogP contribution in [0.1, 0.15) is 30.3 Å². The molecule has 0 saturated carbocycles. The summed E-state index contributed by atoms with van der Waals surface area (Å²) in [5.74, 6) is 1.07. The van der Waals surface area contributed by atoms with Crippen molar-refractivity contribution in [2.45, 2.75) is 45.8 Å². The number of nitrogens with zero attached hydrogens (tertiary/aromatic N) is 5. The van der Waals surface area contributed by atoms with E-state index in [1.54, 1.807) is 4.90 Å². The standard InChI is InChI=1S/C18H23N5OS/c1-5-22-15(4)20-21-18(22)25-12-17(24)23(10-6-9-19)16-8-7-13(2)14(3)11-16/h7-8,11H,5-6,10,12H2,1-4H3. The molecule has 0 unspecified atom stereocenters. The molecule has 132 valence electrons. The monoisotopic (exact) mass is 357 g/mol. The first-order chi connectivity index (χ1) is 12.0. The number of aryl methyl sites for hydroxylation is 3. The minimum absolute atomic E-state index is 0.0354. The van der Waals surface area contributed by atoms with Gasteiger partial charge in [-0.3, -0.25) is 4.79 Å². The minimum atomic E-state index is -0.0354. The van der Waals surface area contributed by atoms with Gasteiger partial charge >= 0.3 is 0 Å². The fraction of sp³-hybridized carbons (Fsp3) is 0.444. The molecule has 0 bridgehead atoms. The van der Waals surface area contributed by atoms with Crippen molar-refractivity contribution in [2.75, 3.05) is 17.2 Å². The first-order valence-electron chi connectivity index (χ1n) is 8.25. The van der Waals surface area contributed by atoms with E-state index in [0.29, 0.717) is 13.0 Å². The zero-order valence-corrected chi connectivity index (χ0v) is 15.9. The Morgan fingerprint density at radius 3 is 2.68 bits per heavy atom. The third-order valence-electron chi connectivity index (χ3n) is 4.09. The number of anilines is 1. The Labute approximate surface area is 152 Å². The van der Waals surface area contributed by atoms with Crippen LogP contribution in [0.2, 0.25) is 0 Å². The fourth-order valence-electron chi connectivity index (χ4n) is 2.49. The molecular weight excluding hydrogens is 334 g/mol. The Kier molecular flexibility index (Phi) is 6.59. The number of benzene rings is 1. The van der Waals surface area contributed by atoms with Gasteiger partial charge in [-0.2, -0.15) is 5.26 Å². The van der Waals surface area contributed by atoms with E-state index in [1.165, 1.54) is 17.3 Å². The molecule has 0 aliphatic rings. The van der Waals surface area contributed by atoms with Crippen molar-refractivity contribution in [1.29, 1.82) is 5.26 Å². The summed E-state index contributed by atoms with van der Waals surface area (Å²) in [6.07, 6.45) is 0.299. The molecule has 1 aromatic heterocycles. The van der Waals surface area contributed by atoms with Crippen molar-refractivity contribution in [3.63, 3.8) is 0 Å². The van der Waals surface area contributed by atoms with Gasteiger partial charge in [0.05, 0.1) is 18.2 Å². The van der Waals surface area contributed by atoms with Gasteiger partial charge in [-0.25, -0.2) is 0 Å². The second kappa shape index (κ2) is 8.67. The average molecular weight is 357 g/mol. The molecule has 1 heterocycles. The van der Waals surface area contributed by atoms with Crippen LogP contribution in [0, 0.1) is 32.1 Å². The van der Waals surface area contributed by atoms with Crippen molar-refractivity contribution >= 4 is 23.4 Å². The first kappa shape index (κ1) is 19.0. The van der Waals surface area contributed by atoms with Gasteiger partial charge in [-0.05, 0) is 51.0 Å². The van der Waals surface area contributed by atoms with E-state index < -0.39 is 0 Å². The molecule has 0 atom stereocenters. The topological polar surface area (TPSA) is 74.8 Å². The van der Waals surface area contributed by atoms with Crippen LogP contribution in [0.25, 0.3) is 0 Å². The number of rotatable bonds is 7. The van der Waals surface area contributed by atoms with Gasteiger partial charge in [0.25, 0.3) is 0 Å². The predicted molar refractivity (Wildman–Crippen MR) is 99.7 cm³/mol. The highest BCUT2D eigenvalue weighted by Crippen LogP contribution is 2.22. The Balaban J connectivity index is 2.15. The first-order valence-corrected chi connectivity index (χ1v) is 9.23. The summed E-state index contributed by atoms with van der Waals surface area (Å²) >= 11 is 1.38.